The number of aliphatic hydroxyl groups is 1. The van der Waals surface area contributed by atoms with E-state index in [1.807, 2.05) is 6.26 Å². The average molecular weight is 335 g/mol. The number of anilines is 1. The molecule has 0 saturated heterocycles. The van der Waals surface area contributed by atoms with Gasteiger partial charge in [-0.25, -0.2) is 9.97 Å². The summed E-state index contributed by atoms with van der Waals surface area (Å²) in [6, 6.07) is 0. The number of halogens is 1. The molecular weight excluding hydrogens is 325 g/mol. The molecule has 80 valence electrons. The van der Waals surface area contributed by atoms with Gasteiger partial charge in [-0.3, -0.25) is 0 Å². The second-order valence-electron chi connectivity index (χ2n) is 2.42. The van der Waals surface area contributed by atoms with Crippen LogP contribution in [0.15, 0.2) is 11.4 Å². The Balaban J connectivity index is 2.66. The molecule has 0 atom stereocenters. The zero-order valence-corrected chi connectivity index (χ0v) is 11.1. The first-order chi connectivity index (χ1) is 7.27. The minimum Gasteiger partial charge on any atom is -0.384 e. The van der Waals surface area contributed by atoms with E-state index in [9.17, 15) is 0 Å². The third-order valence-corrected chi connectivity index (χ3v) is 2.80. The molecule has 0 unspecified atom stereocenters. The SMILES string of the molecule is CSc1ncc(I)c(NCC#CCO)n1. The molecule has 0 aliphatic rings. The fourth-order valence-electron chi connectivity index (χ4n) is 0.820. The summed E-state index contributed by atoms with van der Waals surface area (Å²) in [7, 11) is 0. The van der Waals surface area contributed by atoms with Crippen molar-refractivity contribution in [2.75, 3.05) is 24.7 Å². The van der Waals surface area contributed by atoms with Crippen molar-refractivity contribution in [2.24, 2.45) is 0 Å². The van der Waals surface area contributed by atoms with Gasteiger partial charge in [-0.15, -0.1) is 0 Å². The number of aromatic nitrogens is 2. The minimum absolute atomic E-state index is 0.112. The summed E-state index contributed by atoms with van der Waals surface area (Å²) < 4.78 is 0.955. The van der Waals surface area contributed by atoms with Crippen molar-refractivity contribution in [3.05, 3.63) is 9.77 Å². The highest BCUT2D eigenvalue weighted by atomic mass is 127. The molecule has 0 aliphatic carbocycles. The number of rotatable bonds is 3. The van der Waals surface area contributed by atoms with Gasteiger partial charge in [0.05, 0.1) is 10.1 Å². The Morgan fingerprint density at radius 2 is 2.40 bits per heavy atom. The smallest absolute Gasteiger partial charge is 0.189 e. The number of nitrogens with one attached hydrogen (secondary N) is 1. The maximum absolute atomic E-state index is 8.47. The van der Waals surface area contributed by atoms with Crippen LogP contribution >= 0.6 is 34.4 Å². The summed E-state index contributed by atoms with van der Waals surface area (Å²) in [4.78, 5) is 8.42. The monoisotopic (exact) mass is 335 g/mol. The lowest BCUT2D eigenvalue weighted by Crippen LogP contribution is -2.04. The fraction of sp³-hybridized carbons (Fsp3) is 0.333. The van der Waals surface area contributed by atoms with Crippen molar-refractivity contribution in [1.29, 1.82) is 0 Å². The number of hydrogen-bond donors (Lipinski definition) is 2. The van der Waals surface area contributed by atoms with Gasteiger partial charge < -0.3 is 10.4 Å². The van der Waals surface area contributed by atoms with E-state index in [-0.39, 0.29) is 6.61 Å². The van der Waals surface area contributed by atoms with Crippen LogP contribution in [0.25, 0.3) is 0 Å². The normalized spacial score (nSPS) is 9.27. The van der Waals surface area contributed by atoms with Crippen molar-refractivity contribution in [3.8, 4) is 11.8 Å². The zero-order valence-electron chi connectivity index (χ0n) is 8.12. The Morgan fingerprint density at radius 3 is 3.07 bits per heavy atom. The molecule has 1 aromatic rings. The Bertz CT molecular complexity index is 389. The molecule has 0 spiro atoms. The van der Waals surface area contributed by atoms with Crippen molar-refractivity contribution in [3.63, 3.8) is 0 Å². The highest BCUT2D eigenvalue weighted by molar-refractivity contribution is 14.1. The van der Waals surface area contributed by atoms with Crippen LogP contribution in [-0.2, 0) is 0 Å². The van der Waals surface area contributed by atoms with E-state index in [2.05, 4.69) is 49.7 Å². The van der Waals surface area contributed by atoms with Crippen molar-refractivity contribution >= 4 is 40.2 Å². The molecule has 6 heteroatoms. The average Bonchev–Trinajstić information content (AvgIpc) is 2.26. The van der Waals surface area contributed by atoms with Crippen LogP contribution in [0, 0.1) is 15.4 Å². The summed E-state index contributed by atoms with van der Waals surface area (Å²) in [5.41, 5.74) is 0. The molecule has 15 heavy (non-hydrogen) atoms. The number of hydrogen-bond acceptors (Lipinski definition) is 5. The second kappa shape index (κ2) is 6.87. The standard InChI is InChI=1S/C9H10IN3OS/c1-15-9-12-6-7(10)8(13-9)11-4-2-3-5-14/h6,14H,4-5H2,1H3,(H,11,12,13). The topological polar surface area (TPSA) is 58.0 Å². The molecule has 0 aromatic carbocycles. The van der Waals surface area contributed by atoms with Crippen LogP contribution in [0.1, 0.15) is 0 Å². The third-order valence-electron chi connectivity index (χ3n) is 1.45. The molecular formula is C9H10IN3OS. The van der Waals surface area contributed by atoms with Crippen molar-refractivity contribution < 1.29 is 5.11 Å². The number of nitrogens with zero attached hydrogens (tertiary/aromatic N) is 2. The van der Waals surface area contributed by atoms with E-state index in [1.54, 1.807) is 6.20 Å². The van der Waals surface area contributed by atoms with Gasteiger partial charge in [0.25, 0.3) is 0 Å². The van der Waals surface area contributed by atoms with E-state index < -0.39 is 0 Å². The Labute approximate surface area is 106 Å². The lowest BCUT2D eigenvalue weighted by Gasteiger charge is -2.04. The van der Waals surface area contributed by atoms with Gasteiger partial charge in [0.2, 0.25) is 0 Å². The first kappa shape index (κ1) is 12.5. The van der Waals surface area contributed by atoms with Gasteiger partial charge in [0.15, 0.2) is 5.16 Å². The third kappa shape index (κ3) is 4.24. The highest BCUT2D eigenvalue weighted by Crippen LogP contribution is 2.17. The predicted molar refractivity (Wildman–Crippen MR) is 69.9 cm³/mol. The molecule has 0 aliphatic heterocycles. The Hall–Kier alpha value is -0.520. The second-order valence-corrected chi connectivity index (χ2v) is 4.35. The molecule has 0 radical (unpaired) electrons. The quantitative estimate of drug-likeness (QED) is 0.376. The summed E-state index contributed by atoms with van der Waals surface area (Å²) in [6.45, 7) is 0.361. The highest BCUT2D eigenvalue weighted by Gasteiger charge is 2.02. The summed E-state index contributed by atoms with van der Waals surface area (Å²) >= 11 is 3.65. The van der Waals surface area contributed by atoms with Crippen molar-refractivity contribution in [1.82, 2.24) is 9.97 Å². The van der Waals surface area contributed by atoms with Gasteiger partial charge in [0, 0.05) is 6.20 Å². The Kier molecular flexibility index (Phi) is 5.75. The fourth-order valence-corrected chi connectivity index (χ4v) is 1.61. The van der Waals surface area contributed by atoms with E-state index in [0.29, 0.717) is 6.54 Å². The summed E-state index contributed by atoms with van der Waals surface area (Å²) in [6.07, 6.45) is 3.69. The van der Waals surface area contributed by atoms with E-state index >= 15 is 0 Å². The lowest BCUT2D eigenvalue weighted by molar-refractivity contribution is 0.350. The lowest BCUT2D eigenvalue weighted by atomic mass is 10.5. The van der Waals surface area contributed by atoms with Crippen LogP contribution in [0.3, 0.4) is 0 Å². The maximum atomic E-state index is 8.47. The van der Waals surface area contributed by atoms with Gasteiger partial charge in [-0.2, -0.15) is 0 Å². The maximum Gasteiger partial charge on any atom is 0.189 e. The van der Waals surface area contributed by atoms with Gasteiger partial charge in [0.1, 0.15) is 12.4 Å². The molecule has 1 aromatic heterocycles. The number of thioether (sulfide) groups is 1. The van der Waals surface area contributed by atoms with Crippen LogP contribution in [0.5, 0.6) is 0 Å². The van der Waals surface area contributed by atoms with E-state index in [1.165, 1.54) is 11.8 Å². The van der Waals surface area contributed by atoms with Gasteiger partial charge in [-0.05, 0) is 28.8 Å². The largest absolute Gasteiger partial charge is 0.384 e. The predicted octanol–water partition coefficient (Wildman–Crippen LogP) is 1.21. The molecule has 0 amide bonds. The molecule has 0 fully saturated rings. The van der Waals surface area contributed by atoms with Crippen LogP contribution < -0.4 is 5.32 Å². The molecule has 4 nitrogen and oxygen atoms in total. The molecule has 0 saturated carbocycles. The van der Waals surface area contributed by atoms with Crippen LogP contribution in [-0.4, -0.2) is 34.5 Å². The molecule has 1 heterocycles. The number of aliphatic hydroxyl groups excluding tert-OH is 1. The molecule has 0 bridgehead atoms. The van der Waals surface area contributed by atoms with E-state index in [4.69, 9.17) is 5.11 Å². The summed E-state index contributed by atoms with van der Waals surface area (Å²) in [5.74, 6) is 6.10. The van der Waals surface area contributed by atoms with Crippen LogP contribution in [0.4, 0.5) is 5.82 Å². The Morgan fingerprint density at radius 1 is 1.60 bits per heavy atom. The van der Waals surface area contributed by atoms with E-state index in [0.717, 1.165) is 14.5 Å². The van der Waals surface area contributed by atoms with Gasteiger partial charge in [-0.1, -0.05) is 23.6 Å². The first-order valence-electron chi connectivity index (χ1n) is 4.15. The molecule has 2 N–H and O–H groups in total. The van der Waals surface area contributed by atoms with Crippen molar-refractivity contribution in [2.45, 2.75) is 5.16 Å². The summed E-state index contributed by atoms with van der Waals surface area (Å²) in [5, 5.41) is 12.3. The minimum atomic E-state index is -0.112. The van der Waals surface area contributed by atoms with Crippen LogP contribution in [0.2, 0.25) is 0 Å². The molecule has 1 rings (SSSR count). The zero-order chi connectivity index (χ0) is 11.1. The first-order valence-corrected chi connectivity index (χ1v) is 6.45. The van der Waals surface area contributed by atoms with Gasteiger partial charge >= 0.3 is 0 Å².